The molecule has 0 atom stereocenters. The van der Waals surface area contributed by atoms with Crippen molar-refractivity contribution in [2.24, 2.45) is 5.92 Å². The van der Waals surface area contributed by atoms with Crippen LogP contribution in [-0.4, -0.2) is 23.0 Å². The molecule has 8 heteroatoms. The second-order valence-electron chi connectivity index (χ2n) is 7.22. The standard InChI is InChI=1S/C20H21ClN4O3/c1-11-10-22-18(25-19(26)12-2-3-12)9-17(11)28-14-6-7-16(15(21)8-14)24-20(27)23-13-4-5-13/h6-10,12-13H,2-5H2,1H3,(H,22,25,26)(H2,23,24,27). The maximum Gasteiger partial charge on any atom is 0.319 e. The number of nitrogens with zero attached hydrogens (tertiary/aromatic N) is 1. The van der Waals surface area contributed by atoms with Gasteiger partial charge in [-0.15, -0.1) is 0 Å². The monoisotopic (exact) mass is 400 g/mol. The number of amides is 3. The van der Waals surface area contributed by atoms with Gasteiger partial charge in [-0.2, -0.15) is 0 Å². The number of benzene rings is 1. The van der Waals surface area contributed by atoms with E-state index >= 15 is 0 Å². The van der Waals surface area contributed by atoms with Crippen molar-refractivity contribution >= 4 is 35.0 Å². The molecule has 146 valence electrons. The predicted octanol–water partition coefficient (Wildman–Crippen LogP) is 4.47. The molecule has 2 aliphatic rings. The minimum Gasteiger partial charge on any atom is -0.457 e. The van der Waals surface area contributed by atoms with Crippen LogP contribution in [-0.2, 0) is 4.79 Å². The molecule has 28 heavy (non-hydrogen) atoms. The van der Waals surface area contributed by atoms with Crippen LogP contribution in [0.3, 0.4) is 0 Å². The molecule has 2 aliphatic carbocycles. The van der Waals surface area contributed by atoms with Gasteiger partial charge in [0.05, 0.1) is 10.7 Å². The van der Waals surface area contributed by atoms with Crippen molar-refractivity contribution in [1.82, 2.24) is 10.3 Å². The highest BCUT2D eigenvalue weighted by Crippen LogP contribution is 2.33. The minimum absolute atomic E-state index is 0.00903. The number of hydrogen-bond donors (Lipinski definition) is 3. The Morgan fingerprint density at radius 1 is 1.14 bits per heavy atom. The SMILES string of the molecule is Cc1cnc(NC(=O)C2CC2)cc1Oc1ccc(NC(=O)NC2CC2)c(Cl)c1. The Morgan fingerprint density at radius 2 is 1.93 bits per heavy atom. The van der Waals surface area contributed by atoms with Crippen molar-refractivity contribution in [3.63, 3.8) is 0 Å². The Kier molecular flexibility index (Phi) is 5.09. The number of rotatable bonds is 6. The van der Waals surface area contributed by atoms with E-state index in [1.165, 1.54) is 0 Å². The molecule has 7 nitrogen and oxygen atoms in total. The number of carbonyl (C=O) groups is 2. The van der Waals surface area contributed by atoms with Crippen LogP contribution in [0.2, 0.25) is 5.02 Å². The molecule has 1 aromatic heterocycles. The molecule has 0 unspecified atom stereocenters. The molecule has 1 aromatic carbocycles. The van der Waals surface area contributed by atoms with Gasteiger partial charge in [0, 0.05) is 35.9 Å². The van der Waals surface area contributed by atoms with Gasteiger partial charge in [0.25, 0.3) is 0 Å². The molecule has 3 N–H and O–H groups in total. The van der Waals surface area contributed by atoms with Gasteiger partial charge in [0.2, 0.25) is 5.91 Å². The van der Waals surface area contributed by atoms with E-state index in [9.17, 15) is 9.59 Å². The molecule has 1 heterocycles. The number of halogens is 1. The number of urea groups is 1. The summed E-state index contributed by atoms with van der Waals surface area (Å²) in [6.07, 6.45) is 5.54. The third-order valence-electron chi connectivity index (χ3n) is 4.58. The van der Waals surface area contributed by atoms with Gasteiger partial charge in [0.15, 0.2) is 0 Å². The van der Waals surface area contributed by atoms with E-state index < -0.39 is 0 Å². The molecule has 0 spiro atoms. The van der Waals surface area contributed by atoms with Crippen LogP contribution in [0.25, 0.3) is 0 Å². The Hall–Kier alpha value is -2.80. The van der Waals surface area contributed by atoms with Gasteiger partial charge in [-0.1, -0.05) is 11.6 Å². The summed E-state index contributed by atoms with van der Waals surface area (Å²) in [5.74, 6) is 1.64. The Balaban J connectivity index is 1.43. The summed E-state index contributed by atoms with van der Waals surface area (Å²) in [5.41, 5.74) is 1.34. The number of hydrogen-bond acceptors (Lipinski definition) is 4. The summed E-state index contributed by atoms with van der Waals surface area (Å²) in [6.45, 7) is 1.87. The fraction of sp³-hybridized carbons (Fsp3) is 0.350. The maximum absolute atomic E-state index is 11.9. The lowest BCUT2D eigenvalue weighted by Gasteiger charge is -2.13. The molecule has 0 bridgehead atoms. The molecular weight excluding hydrogens is 380 g/mol. The summed E-state index contributed by atoms with van der Waals surface area (Å²) in [6, 6.07) is 6.75. The van der Waals surface area contributed by atoms with Crippen LogP contribution in [0.1, 0.15) is 31.2 Å². The van der Waals surface area contributed by atoms with Gasteiger partial charge in [-0.05, 0) is 44.7 Å². The van der Waals surface area contributed by atoms with Crippen LogP contribution < -0.4 is 20.7 Å². The Morgan fingerprint density at radius 3 is 2.61 bits per heavy atom. The van der Waals surface area contributed by atoms with Crippen molar-refractivity contribution in [1.29, 1.82) is 0 Å². The van der Waals surface area contributed by atoms with Gasteiger partial charge in [-0.25, -0.2) is 9.78 Å². The van der Waals surface area contributed by atoms with Gasteiger partial charge >= 0.3 is 6.03 Å². The number of carbonyl (C=O) groups excluding carboxylic acids is 2. The maximum atomic E-state index is 11.9. The van der Waals surface area contributed by atoms with Gasteiger partial charge in [0.1, 0.15) is 17.3 Å². The summed E-state index contributed by atoms with van der Waals surface area (Å²) in [4.78, 5) is 28.0. The normalized spacial score (nSPS) is 15.6. The lowest BCUT2D eigenvalue weighted by Crippen LogP contribution is -2.30. The van der Waals surface area contributed by atoms with E-state index in [-0.39, 0.29) is 23.9 Å². The average Bonchev–Trinajstić information content (AvgIpc) is 3.53. The number of pyridine rings is 1. The van der Waals surface area contributed by atoms with Crippen LogP contribution in [0, 0.1) is 12.8 Å². The molecule has 2 fully saturated rings. The van der Waals surface area contributed by atoms with E-state index in [0.29, 0.717) is 28.0 Å². The largest absolute Gasteiger partial charge is 0.457 e. The molecule has 0 saturated heterocycles. The number of ether oxygens (including phenoxy) is 1. The highest BCUT2D eigenvalue weighted by atomic mass is 35.5. The fourth-order valence-electron chi connectivity index (χ4n) is 2.62. The molecule has 2 aromatic rings. The van der Waals surface area contributed by atoms with Gasteiger partial charge < -0.3 is 20.7 Å². The minimum atomic E-state index is -0.265. The second-order valence-corrected chi connectivity index (χ2v) is 7.62. The van der Waals surface area contributed by atoms with E-state index in [4.69, 9.17) is 16.3 Å². The Labute approximate surface area is 167 Å². The van der Waals surface area contributed by atoms with Crippen molar-refractivity contribution in [2.45, 2.75) is 38.6 Å². The zero-order valence-corrected chi connectivity index (χ0v) is 16.2. The van der Waals surface area contributed by atoms with Gasteiger partial charge in [-0.3, -0.25) is 4.79 Å². The highest BCUT2D eigenvalue weighted by molar-refractivity contribution is 6.33. The van der Waals surface area contributed by atoms with Crippen LogP contribution in [0.4, 0.5) is 16.3 Å². The summed E-state index contributed by atoms with van der Waals surface area (Å²) < 4.78 is 5.92. The predicted molar refractivity (Wildman–Crippen MR) is 107 cm³/mol. The van der Waals surface area contributed by atoms with Crippen LogP contribution >= 0.6 is 11.6 Å². The summed E-state index contributed by atoms with van der Waals surface area (Å²) >= 11 is 6.28. The first kappa shape index (κ1) is 18.6. The number of anilines is 2. The topological polar surface area (TPSA) is 92.3 Å². The molecule has 2 saturated carbocycles. The van der Waals surface area contributed by atoms with E-state index in [1.54, 1.807) is 30.5 Å². The zero-order chi connectivity index (χ0) is 19.7. The average molecular weight is 401 g/mol. The highest BCUT2D eigenvalue weighted by Gasteiger charge is 2.30. The quantitative estimate of drug-likeness (QED) is 0.667. The molecule has 0 radical (unpaired) electrons. The van der Waals surface area contributed by atoms with Crippen LogP contribution in [0.15, 0.2) is 30.5 Å². The lowest BCUT2D eigenvalue weighted by molar-refractivity contribution is -0.117. The van der Waals surface area contributed by atoms with E-state index in [2.05, 4.69) is 20.9 Å². The number of aromatic nitrogens is 1. The van der Waals surface area contributed by atoms with Crippen molar-refractivity contribution < 1.29 is 14.3 Å². The van der Waals surface area contributed by atoms with Crippen molar-refractivity contribution in [3.05, 3.63) is 41.0 Å². The smallest absolute Gasteiger partial charge is 0.319 e. The zero-order valence-electron chi connectivity index (χ0n) is 15.4. The van der Waals surface area contributed by atoms with Crippen molar-refractivity contribution in [3.8, 4) is 11.5 Å². The molecule has 0 aliphatic heterocycles. The molecular formula is C20H21ClN4O3. The van der Waals surface area contributed by atoms with Crippen molar-refractivity contribution in [2.75, 3.05) is 10.6 Å². The first-order valence-corrected chi connectivity index (χ1v) is 9.68. The lowest BCUT2D eigenvalue weighted by atomic mass is 10.2. The second kappa shape index (κ2) is 7.67. The molecule has 3 amide bonds. The third kappa shape index (κ3) is 4.72. The summed E-state index contributed by atoms with van der Waals surface area (Å²) in [5, 5.41) is 8.76. The molecule has 4 rings (SSSR count). The van der Waals surface area contributed by atoms with E-state index in [1.807, 2.05) is 6.92 Å². The van der Waals surface area contributed by atoms with Crippen LogP contribution in [0.5, 0.6) is 11.5 Å². The third-order valence-corrected chi connectivity index (χ3v) is 4.90. The first-order valence-electron chi connectivity index (χ1n) is 9.30. The summed E-state index contributed by atoms with van der Waals surface area (Å²) in [7, 11) is 0. The Bertz CT molecular complexity index is 926. The number of aryl methyl sites for hydroxylation is 1. The fourth-order valence-corrected chi connectivity index (χ4v) is 2.83. The van der Waals surface area contributed by atoms with E-state index in [0.717, 1.165) is 31.2 Å². The number of nitrogens with one attached hydrogen (secondary N) is 3. The first-order chi connectivity index (χ1) is 13.5.